The number of benzene rings is 2. The normalized spacial score (nSPS) is 14.3. The molecular weight excluding hydrogens is 332 g/mol. The third kappa shape index (κ3) is 2.88. The quantitative estimate of drug-likeness (QED) is 0.677. The molecule has 0 bridgehead atoms. The minimum absolute atomic E-state index is 0.0181. The molecule has 2 aromatic carbocycles. The molecule has 1 aromatic heterocycles. The zero-order chi connectivity index (χ0) is 18.3. The fourth-order valence-corrected chi connectivity index (χ4v) is 3.02. The molecule has 2 amide bonds. The highest BCUT2D eigenvalue weighted by Crippen LogP contribution is 2.30. The van der Waals surface area contributed by atoms with Gasteiger partial charge in [0.25, 0.3) is 11.8 Å². The van der Waals surface area contributed by atoms with Crippen molar-refractivity contribution < 1.29 is 14.3 Å². The lowest BCUT2D eigenvalue weighted by molar-refractivity contribution is -0.118. The van der Waals surface area contributed by atoms with Gasteiger partial charge in [0.1, 0.15) is 5.75 Å². The van der Waals surface area contributed by atoms with Gasteiger partial charge in [-0.05, 0) is 43.7 Å². The second-order valence-corrected chi connectivity index (χ2v) is 6.41. The fraction of sp³-hybridized carbons (Fsp3) is 0.211. The molecule has 0 spiro atoms. The zero-order valence-corrected chi connectivity index (χ0v) is 14.4. The SMILES string of the molecule is Cc1ccc2[nH]nc(C(=O)NC(C)c3ccc4c(c3)NC(=O)CO4)c2c1. The van der Waals surface area contributed by atoms with E-state index >= 15 is 0 Å². The summed E-state index contributed by atoms with van der Waals surface area (Å²) in [6, 6.07) is 11.0. The van der Waals surface area contributed by atoms with Crippen LogP contribution in [0.15, 0.2) is 36.4 Å². The maximum absolute atomic E-state index is 12.7. The molecule has 1 aliphatic heterocycles. The van der Waals surface area contributed by atoms with Crippen molar-refractivity contribution in [1.29, 1.82) is 0 Å². The number of anilines is 1. The third-order valence-corrected chi connectivity index (χ3v) is 4.42. The van der Waals surface area contributed by atoms with Crippen molar-refractivity contribution in [3.05, 3.63) is 53.2 Å². The highest BCUT2D eigenvalue weighted by Gasteiger charge is 2.20. The second kappa shape index (κ2) is 6.18. The van der Waals surface area contributed by atoms with Gasteiger partial charge in [0.15, 0.2) is 12.3 Å². The number of carbonyl (C=O) groups excluding carboxylic acids is 2. The van der Waals surface area contributed by atoms with Crippen LogP contribution in [0.5, 0.6) is 5.75 Å². The van der Waals surface area contributed by atoms with Crippen LogP contribution in [0.3, 0.4) is 0 Å². The van der Waals surface area contributed by atoms with Gasteiger partial charge in [0.2, 0.25) is 0 Å². The van der Waals surface area contributed by atoms with Crippen LogP contribution in [-0.4, -0.2) is 28.6 Å². The van der Waals surface area contributed by atoms with Crippen molar-refractivity contribution in [3.63, 3.8) is 0 Å². The van der Waals surface area contributed by atoms with Crippen LogP contribution in [0.1, 0.15) is 34.6 Å². The first-order valence-corrected chi connectivity index (χ1v) is 8.33. The third-order valence-electron chi connectivity index (χ3n) is 4.42. The molecule has 7 heteroatoms. The summed E-state index contributed by atoms with van der Waals surface area (Å²) in [4.78, 5) is 24.1. The van der Waals surface area contributed by atoms with Crippen LogP contribution in [-0.2, 0) is 4.79 Å². The van der Waals surface area contributed by atoms with Crippen LogP contribution in [0.25, 0.3) is 10.9 Å². The molecule has 0 fully saturated rings. The highest BCUT2D eigenvalue weighted by molar-refractivity contribution is 6.05. The molecular formula is C19H18N4O3. The number of aryl methyl sites for hydroxylation is 1. The van der Waals surface area contributed by atoms with E-state index in [2.05, 4.69) is 20.8 Å². The molecule has 3 N–H and O–H groups in total. The first-order chi connectivity index (χ1) is 12.5. The minimum atomic E-state index is -0.261. The topological polar surface area (TPSA) is 96.1 Å². The van der Waals surface area contributed by atoms with Gasteiger partial charge in [-0.1, -0.05) is 17.7 Å². The van der Waals surface area contributed by atoms with Gasteiger partial charge in [0.05, 0.1) is 17.2 Å². The van der Waals surface area contributed by atoms with Crippen molar-refractivity contribution in [2.24, 2.45) is 0 Å². The number of ether oxygens (including phenoxy) is 1. The van der Waals surface area contributed by atoms with E-state index in [-0.39, 0.29) is 24.5 Å². The predicted molar refractivity (Wildman–Crippen MR) is 97.3 cm³/mol. The van der Waals surface area contributed by atoms with Crippen LogP contribution >= 0.6 is 0 Å². The van der Waals surface area contributed by atoms with Gasteiger partial charge in [0, 0.05) is 5.39 Å². The Bertz CT molecular complexity index is 1020. The number of aromatic nitrogens is 2. The van der Waals surface area contributed by atoms with E-state index in [0.29, 0.717) is 17.1 Å². The average molecular weight is 350 g/mol. The molecule has 7 nitrogen and oxygen atoms in total. The lowest BCUT2D eigenvalue weighted by Crippen LogP contribution is -2.28. The van der Waals surface area contributed by atoms with Gasteiger partial charge in [-0.15, -0.1) is 0 Å². The Kier molecular flexibility index (Phi) is 3.84. The summed E-state index contributed by atoms with van der Waals surface area (Å²) >= 11 is 0. The van der Waals surface area contributed by atoms with E-state index < -0.39 is 0 Å². The number of fused-ring (bicyclic) bond motifs is 2. The Hall–Kier alpha value is -3.35. The molecule has 26 heavy (non-hydrogen) atoms. The molecule has 3 aromatic rings. The highest BCUT2D eigenvalue weighted by atomic mass is 16.5. The molecule has 2 heterocycles. The summed E-state index contributed by atoms with van der Waals surface area (Å²) in [5.41, 5.74) is 3.72. The van der Waals surface area contributed by atoms with Crippen molar-refractivity contribution in [2.75, 3.05) is 11.9 Å². The number of amides is 2. The average Bonchev–Trinajstić information content (AvgIpc) is 3.04. The van der Waals surface area contributed by atoms with Crippen LogP contribution < -0.4 is 15.4 Å². The number of H-pyrrole nitrogens is 1. The van der Waals surface area contributed by atoms with E-state index in [1.165, 1.54) is 0 Å². The maximum atomic E-state index is 12.7. The number of aromatic amines is 1. The summed E-state index contributed by atoms with van der Waals surface area (Å²) < 4.78 is 5.36. The smallest absolute Gasteiger partial charge is 0.272 e. The molecule has 4 rings (SSSR count). The molecule has 1 aliphatic rings. The molecule has 0 aliphatic carbocycles. The summed E-state index contributed by atoms with van der Waals surface area (Å²) in [6.45, 7) is 3.87. The summed E-state index contributed by atoms with van der Waals surface area (Å²) in [5.74, 6) is 0.178. The Morgan fingerprint density at radius 2 is 2.12 bits per heavy atom. The van der Waals surface area contributed by atoms with Crippen molar-refractivity contribution in [2.45, 2.75) is 19.9 Å². The molecule has 1 atom stereocenters. The van der Waals surface area contributed by atoms with E-state index in [9.17, 15) is 9.59 Å². The summed E-state index contributed by atoms with van der Waals surface area (Å²) in [7, 11) is 0. The van der Waals surface area contributed by atoms with Gasteiger partial charge in [-0.2, -0.15) is 5.10 Å². The lowest BCUT2D eigenvalue weighted by Gasteiger charge is -2.20. The lowest BCUT2D eigenvalue weighted by atomic mass is 10.1. The minimum Gasteiger partial charge on any atom is -0.482 e. The molecule has 0 radical (unpaired) electrons. The Morgan fingerprint density at radius 1 is 1.27 bits per heavy atom. The first-order valence-electron chi connectivity index (χ1n) is 8.33. The number of hydrogen-bond acceptors (Lipinski definition) is 4. The Balaban J connectivity index is 1.56. The molecule has 132 valence electrons. The van der Waals surface area contributed by atoms with Gasteiger partial charge in [-0.25, -0.2) is 0 Å². The summed E-state index contributed by atoms with van der Waals surface area (Å²) in [5, 5.41) is 13.5. The van der Waals surface area contributed by atoms with Gasteiger partial charge < -0.3 is 15.4 Å². The number of nitrogens with zero attached hydrogens (tertiary/aromatic N) is 1. The first kappa shape index (κ1) is 16.1. The van der Waals surface area contributed by atoms with E-state index in [0.717, 1.165) is 22.0 Å². The van der Waals surface area contributed by atoms with Gasteiger partial charge in [-0.3, -0.25) is 14.7 Å². The molecule has 0 saturated heterocycles. The number of carbonyl (C=O) groups is 2. The van der Waals surface area contributed by atoms with E-state index in [4.69, 9.17) is 4.74 Å². The number of hydrogen-bond donors (Lipinski definition) is 3. The Labute approximate surface area is 149 Å². The van der Waals surface area contributed by atoms with Crippen molar-refractivity contribution in [1.82, 2.24) is 15.5 Å². The maximum Gasteiger partial charge on any atom is 0.272 e. The zero-order valence-electron chi connectivity index (χ0n) is 14.4. The van der Waals surface area contributed by atoms with E-state index in [1.807, 2.05) is 44.2 Å². The molecule has 0 saturated carbocycles. The van der Waals surface area contributed by atoms with Crippen LogP contribution in [0.4, 0.5) is 5.69 Å². The monoisotopic (exact) mass is 350 g/mol. The largest absolute Gasteiger partial charge is 0.482 e. The number of rotatable bonds is 3. The van der Waals surface area contributed by atoms with Crippen LogP contribution in [0, 0.1) is 6.92 Å². The van der Waals surface area contributed by atoms with Crippen molar-refractivity contribution >= 4 is 28.4 Å². The standard InChI is InChI=1S/C19H18N4O3/c1-10-3-5-14-13(7-10)18(23-22-14)19(25)20-11(2)12-4-6-16-15(8-12)21-17(24)9-26-16/h3-8,11H,9H2,1-2H3,(H,20,25)(H,21,24)(H,22,23). The van der Waals surface area contributed by atoms with E-state index in [1.54, 1.807) is 6.07 Å². The predicted octanol–water partition coefficient (Wildman–Crippen LogP) is 2.69. The number of nitrogens with one attached hydrogen (secondary N) is 3. The molecule has 1 unspecified atom stereocenters. The van der Waals surface area contributed by atoms with Gasteiger partial charge >= 0.3 is 0 Å². The van der Waals surface area contributed by atoms with Crippen LogP contribution in [0.2, 0.25) is 0 Å². The fourth-order valence-electron chi connectivity index (χ4n) is 3.02. The summed E-state index contributed by atoms with van der Waals surface area (Å²) in [6.07, 6.45) is 0. The second-order valence-electron chi connectivity index (χ2n) is 6.41. The Morgan fingerprint density at radius 3 is 2.96 bits per heavy atom. The van der Waals surface area contributed by atoms with Crippen molar-refractivity contribution in [3.8, 4) is 5.75 Å².